The molecule has 90 valence electrons. The Balaban J connectivity index is 2.81. The lowest BCUT2D eigenvalue weighted by Crippen LogP contribution is -2.49. The normalized spacial score (nSPS) is 34.3. The molecular weight excluding hydrogens is 255 g/mol. The molecule has 0 radical (unpaired) electrons. The largest absolute Gasteiger partial charge is 0.430 e. The molecular formula is C7H17N2O3PS2. The number of hydrogen-bond acceptors (Lipinski definition) is 6. The van der Waals surface area contributed by atoms with Gasteiger partial charge in [0.05, 0.1) is 0 Å². The summed E-state index contributed by atoms with van der Waals surface area (Å²) in [4.78, 5) is 0. The van der Waals surface area contributed by atoms with E-state index in [4.69, 9.17) is 5.73 Å². The fourth-order valence-electron chi connectivity index (χ4n) is 1.81. The second kappa shape index (κ2) is 5.40. The van der Waals surface area contributed by atoms with E-state index in [1.165, 1.54) is 0 Å². The molecule has 1 heterocycles. The van der Waals surface area contributed by atoms with Crippen LogP contribution in [-0.2, 0) is 12.5 Å². The number of piperidine rings is 1. The van der Waals surface area contributed by atoms with Crippen LogP contribution >= 0.6 is 33.6 Å². The third-order valence-corrected chi connectivity index (χ3v) is 5.69. The number of thiol groups is 2. The van der Waals surface area contributed by atoms with Crippen LogP contribution in [0.5, 0.6) is 0 Å². The molecule has 1 aliphatic heterocycles. The molecule has 1 rings (SSSR count). The fraction of sp³-hybridized carbons (Fsp3) is 1.00. The van der Waals surface area contributed by atoms with Crippen molar-refractivity contribution in [1.29, 1.82) is 0 Å². The first-order valence-electron chi connectivity index (χ1n) is 4.73. The predicted molar refractivity (Wildman–Crippen MR) is 65.7 cm³/mol. The number of rotatable bonds is 3. The van der Waals surface area contributed by atoms with Crippen LogP contribution in [0.3, 0.4) is 0 Å². The van der Waals surface area contributed by atoms with Gasteiger partial charge in [0.2, 0.25) is 0 Å². The minimum Gasteiger partial charge on any atom is -0.327 e. The van der Waals surface area contributed by atoms with E-state index >= 15 is 0 Å². The summed E-state index contributed by atoms with van der Waals surface area (Å²) < 4.78 is 22.9. The number of hydrogen-bond donors (Lipinski definition) is 3. The highest BCUT2D eigenvalue weighted by molar-refractivity contribution is 7.85. The second-order valence-electron chi connectivity index (χ2n) is 3.98. The molecule has 0 aliphatic carbocycles. The van der Waals surface area contributed by atoms with Crippen molar-refractivity contribution in [3.63, 3.8) is 0 Å². The van der Waals surface area contributed by atoms with Crippen LogP contribution in [0, 0.1) is 5.92 Å². The average molecular weight is 272 g/mol. The number of nitrogens with two attached hydrogens (primary N) is 1. The first-order valence-corrected chi connectivity index (χ1v) is 6.96. The zero-order valence-electron chi connectivity index (χ0n) is 8.74. The van der Waals surface area contributed by atoms with Gasteiger partial charge in [0.15, 0.2) is 0 Å². The molecule has 0 bridgehead atoms. The van der Waals surface area contributed by atoms with Gasteiger partial charge in [-0.25, -0.2) is 17.2 Å². The van der Waals surface area contributed by atoms with Crippen LogP contribution in [0.1, 0.15) is 20.3 Å². The average Bonchev–Trinajstić information content (AvgIpc) is 2.22. The van der Waals surface area contributed by atoms with Crippen molar-refractivity contribution in [2.24, 2.45) is 11.7 Å². The van der Waals surface area contributed by atoms with E-state index in [1.807, 2.05) is 13.8 Å². The summed E-state index contributed by atoms with van der Waals surface area (Å²) in [5.74, 6) is 0.237. The molecule has 1 aliphatic rings. The lowest BCUT2D eigenvalue weighted by Gasteiger charge is -2.41. The highest BCUT2D eigenvalue weighted by Crippen LogP contribution is 2.56. The minimum atomic E-state index is -3.37. The minimum absolute atomic E-state index is 0.0290. The zero-order chi connectivity index (χ0) is 11.6. The van der Waals surface area contributed by atoms with Crippen molar-refractivity contribution in [3.8, 4) is 0 Å². The first kappa shape index (κ1) is 13.8. The Bertz CT molecular complexity index is 261. The van der Waals surface area contributed by atoms with Gasteiger partial charge in [0, 0.05) is 18.6 Å². The molecule has 3 unspecified atom stereocenters. The summed E-state index contributed by atoms with van der Waals surface area (Å²) in [5, 5.41) is 0. The van der Waals surface area contributed by atoms with E-state index in [9.17, 15) is 4.57 Å². The molecule has 0 spiro atoms. The first-order chi connectivity index (χ1) is 6.94. The van der Waals surface area contributed by atoms with Crippen LogP contribution in [0.2, 0.25) is 0 Å². The maximum absolute atomic E-state index is 12.1. The van der Waals surface area contributed by atoms with E-state index in [-0.39, 0.29) is 18.0 Å². The monoisotopic (exact) mass is 272 g/mol. The van der Waals surface area contributed by atoms with Crippen LogP contribution < -0.4 is 5.73 Å². The molecule has 15 heavy (non-hydrogen) atoms. The van der Waals surface area contributed by atoms with Gasteiger partial charge in [-0.15, -0.1) is 0 Å². The Morgan fingerprint density at radius 3 is 2.40 bits per heavy atom. The van der Waals surface area contributed by atoms with Crippen molar-refractivity contribution >= 4 is 33.6 Å². The van der Waals surface area contributed by atoms with Crippen molar-refractivity contribution in [2.45, 2.75) is 32.4 Å². The maximum atomic E-state index is 12.1. The lowest BCUT2D eigenvalue weighted by atomic mass is 9.92. The number of nitrogens with zero attached hydrogens (tertiary/aromatic N) is 1. The van der Waals surface area contributed by atoms with Gasteiger partial charge in [0.25, 0.3) is 0 Å². The summed E-state index contributed by atoms with van der Waals surface area (Å²) in [6, 6.07) is 0.144. The Kier molecular flexibility index (Phi) is 4.98. The molecule has 0 aromatic heterocycles. The molecule has 3 atom stereocenters. The van der Waals surface area contributed by atoms with Crippen molar-refractivity contribution in [2.75, 3.05) is 6.54 Å². The van der Waals surface area contributed by atoms with Crippen LogP contribution in [0.25, 0.3) is 0 Å². The van der Waals surface area contributed by atoms with Gasteiger partial charge in [-0.1, -0.05) is 6.92 Å². The summed E-state index contributed by atoms with van der Waals surface area (Å²) in [7, 11) is -3.37. The molecule has 2 N–H and O–H groups in total. The highest BCUT2D eigenvalue weighted by atomic mass is 32.1. The quantitative estimate of drug-likeness (QED) is 0.416. The third-order valence-electron chi connectivity index (χ3n) is 2.85. The summed E-state index contributed by atoms with van der Waals surface area (Å²) in [6.07, 6.45) is 0.749. The Hall–Kier alpha value is 0.770. The summed E-state index contributed by atoms with van der Waals surface area (Å²) >= 11 is 7.15. The molecule has 1 fully saturated rings. The van der Waals surface area contributed by atoms with Crippen LogP contribution in [0.15, 0.2) is 0 Å². The van der Waals surface area contributed by atoms with Crippen molar-refractivity contribution < 1.29 is 12.5 Å². The third kappa shape index (κ3) is 2.91. The standard InChI is InChI=1S/C7H17N2O3PS2/c1-5-4-9(6(2)3-7(5)8)13(10,11-14)12-15/h5-7,14-15H,3-4,8H2,1-2H3. The molecule has 8 heteroatoms. The molecule has 0 amide bonds. The highest BCUT2D eigenvalue weighted by Gasteiger charge is 2.41. The van der Waals surface area contributed by atoms with Crippen molar-refractivity contribution in [1.82, 2.24) is 4.67 Å². The summed E-state index contributed by atoms with van der Waals surface area (Å²) in [5.41, 5.74) is 5.92. The summed E-state index contributed by atoms with van der Waals surface area (Å²) in [6.45, 7) is 4.49. The molecule has 1 saturated heterocycles. The smallest absolute Gasteiger partial charge is 0.327 e. The van der Waals surface area contributed by atoms with E-state index in [0.29, 0.717) is 6.54 Å². The fourth-order valence-corrected chi connectivity index (χ4v) is 3.98. The van der Waals surface area contributed by atoms with Gasteiger partial charge in [-0.05, 0) is 45.1 Å². The molecule has 0 aromatic rings. The predicted octanol–water partition coefficient (Wildman–Crippen LogP) is 1.87. The SMILES string of the molecule is CC1CN(P(=O)(OS)OS)C(C)CC1N. The maximum Gasteiger partial charge on any atom is 0.430 e. The van der Waals surface area contributed by atoms with Crippen molar-refractivity contribution in [3.05, 3.63) is 0 Å². The lowest BCUT2D eigenvalue weighted by molar-refractivity contribution is 0.163. The Labute approximate surface area is 101 Å². The molecule has 0 saturated carbocycles. The van der Waals surface area contributed by atoms with E-state index in [0.717, 1.165) is 6.42 Å². The Morgan fingerprint density at radius 1 is 1.40 bits per heavy atom. The molecule has 5 nitrogen and oxygen atoms in total. The van der Waals surface area contributed by atoms with Gasteiger partial charge >= 0.3 is 7.75 Å². The van der Waals surface area contributed by atoms with Gasteiger partial charge in [-0.3, -0.25) is 0 Å². The van der Waals surface area contributed by atoms with E-state index < -0.39 is 7.75 Å². The van der Waals surface area contributed by atoms with Gasteiger partial charge in [-0.2, -0.15) is 0 Å². The molecule has 0 aromatic carbocycles. The van der Waals surface area contributed by atoms with E-state index in [1.54, 1.807) is 4.67 Å². The second-order valence-corrected chi connectivity index (χ2v) is 6.74. The van der Waals surface area contributed by atoms with E-state index in [2.05, 4.69) is 33.8 Å². The topological polar surface area (TPSA) is 64.8 Å². The zero-order valence-corrected chi connectivity index (χ0v) is 11.4. The van der Waals surface area contributed by atoms with Crippen LogP contribution in [-0.4, -0.2) is 23.3 Å². The Morgan fingerprint density at radius 2 is 1.93 bits per heavy atom. The van der Waals surface area contributed by atoms with Gasteiger partial charge < -0.3 is 5.73 Å². The van der Waals surface area contributed by atoms with Crippen LogP contribution in [0.4, 0.5) is 0 Å². The van der Waals surface area contributed by atoms with Gasteiger partial charge in [0.1, 0.15) is 0 Å².